The molecule has 0 aliphatic heterocycles. The molecular formula is C11H17N3O3. The van der Waals surface area contributed by atoms with Gasteiger partial charge < -0.3 is 14.7 Å². The predicted molar refractivity (Wildman–Crippen MR) is 63.3 cm³/mol. The lowest BCUT2D eigenvalue weighted by Crippen LogP contribution is -2.23. The molecule has 6 nitrogen and oxygen atoms in total. The lowest BCUT2D eigenvalue weighted by Gasteiger charge is -2.16. The van der Waals surface area contributed by atoms with E-state index in [4.69, 9.17) is 9.84 Å². The molecule has 0 unspecified atom stereocenters. The Hall–Kier alpha value is -1.85. The van der Waals surface area contributed by atoms with E-state index in [1.54, 1.807) is 24.2 Å². The molecule has 1 rings (SSSR count). The summed E-state index contributed by atoms with van der Waals surface area (Å²) in [6.07, 6.45) is 2.57. The number of carboxylic acid groups (broad SMARTS) is 1. The van der Waals surface area contributed by atoms with Crippen LogP contribution in [0.15, 0.2) is 12.3 Å². The first-order chi connectivity index (χ1) is 8.13. The van der Waals surface area contributed by atoms with Crippen molar-refractivity contribution in [1.82, 2.24) is 9.97 Å². The minimum Gasteiger partial charge on any atom is -0.481 e. The second kappa shape index (κ2) is 6.67. The van der Waals surface area contributed by atoms with Gasteiger partial charge in [0.05, 0.1) is 13.0 Å². The Morgan fingerprint density at radius 2 is 2.35 bits per heavy atom. The second-order valence-electron chi connectivity index (χ2n) is 3.61. The summed E-state index contributed by atoms with van der Waals surface area (Å²) in [6.45, 7) is 2.99. The van der Waals surface area contributed by atoms with Crippen LogP contribution in [0.1, 0.15) is 19.8 Å². The van der Waals surface area contributed by atoms with E-state index in [0.717, 1.165) is 6.42 Å². The van der Waals surface area contributed by atoms with Crippen LogP contribution in [0.5, 0.6) is 5.88 Å². The fraction of sp³-hybridized carbons (Fsp3) is 0.545. The minimum absolute atomic E-state index is 0.0555. The Labute approximate surface area is 100 Å². The van der Waals surface area contributed by atoms with Crippen molar-refractivity contribution in [1.29, 1.82) is 0 Å². The highest BCUT2D eigenvalue weighted by molar-refractivity contribution is 5.67. The monoisotopic (exact) mass is 239 g/mol. The largest absolute Gasteiger partial charge is 0.481 e. The molecule has 0 amide bonds. The molecule has 0 aliphatic carbocycles. The Bertz CT molecular complexity index is 371. The molecular weight excluding hydrogens is 222 g/mol. The third-order valence-corrected chi connectivity index (χ3v) is 2.07. The maximum Gasteiger partial charge on any atom is 0.305 e. The van der Waals surface area contributed by atoms with Gasteiger partial charge in [0.2, 0.25) is 11.8 Å². The molecule has 1 aromatic heterocycles. The molecule has 0 radical (unpaired) electrons. The van der Waals surface area contributed by atoms with Gasteiger partial charge in [-0.2, -0.15) is 4.98 Å². The zero-order valence-electron chi connectivity index (χ0n) is 10.1. The van der Waals surface area contributed by atoms with Crippen LogP contribution in [0.25, 0.3) is 0 Å². The average molecular weight is 239 g/mol. The number of aromatic nitrogens is 2. The van der Waals surface area contributed by atoms with Crippen LogP contribution < -0.4 is 9.64 Å². The van der Waals surface area contributed by atoms with Gasteiger partial charge in [-0.1, -0.05) is 6.92 Å². The standard InChI is InChI=1S/C11H17N3O3/c1-3-8-17-9-4-6-12-11(13-9)14(2)7-5-10(15)16/h4,6H,3,5,7-8H2,1-2H3,(H,15,16). The Morgan fingerprint density at radius 3 is 3.00 bits per heavy atom. The number of carbonyl (C=O) groups is 1. The zero-order chi connectivity index (χ0) is 12.7. The van der Waals surface area contributed by atoms with Crippen LogP contribution in [0.4, 0.5) is 5.95 Å². The first-order valence-electron chi connectivity index (χ1n) is 5.52. The normalized spacial score (nSPS) is 10.0. The van der Waals surface area contributed by atoms with Crippen molar-refractivity contribution in [2.75, 3.05) is 25.1 Å². The van der Waals surface area contributed by atoms with Gasteiger partial charge >= 0.3 is 5.97 Å². The Morgan fingerprint density at radius 1 is 1.59 bits per heavy atom. The van der Waals surface area contributed by atoms with E-state index in [1.807, 2.05) is 6.92 Å². The third kappa shape index (κ3) is 4.67. The quantitative estimate of drug-likeness (QED) is 0.770. The molecule has 0 aromatic carbocycles. The van der Waals surface area contributed by atoms with E-state index in [0.29, 0.717) is 25.0 Å². The van der Waals surface area contributed by atoms with E-state index in [-0.39, 0.29) is 6.42 Å². The van der Waals surface area contributed by atoms with Gasteiger partial charge in [-0.15, -0.1) is 0 Å². The van der Waals surface area contributed by atoms with Gasteiger partial charge in [0.15, 0.2) is 0 Å². The smallest absolute Gasteiger partial charge is 0.305 e. The summed E-state index contributed by atoms with van der Waals surface area (Å²) in [7, 11) is 1.75. The van der Waals surface area contributed by atoms with Gasteiger partial charge in [0, 0.05) is 25.9 Å². The highest BCUT2D eigenvalue weighted by atomic mass is 16.5. The molecule has 94 valence electrons. The molecule has 1 N–H and O–H groups in total. The van der Waals surface area contributed by atoms with Gasteiger partial charge in [0.25, 0.3) is 0 Å². The van der Waals surface area contributed by atoms with E-state index in [9.17, 15) is 4.79 Å². The molecule has 1 aromatic rings. The predicted octanol–water partition coefficient (Wildman–Crippen LogP) is 1.18. The highest BCUT2D eigenvalue weighted by Gasteiger charge is 2.07. The van der Waals surface area contributed by atoms with E-state index < -0.39 is 5.97 Å². The minimum atomic E-state index is -0.838. The van der Waals surface area contributed by atoms with Crippen molar-refractivity contribution in [2.24, 2.45) is 0 Å². The molecule has 1 heterocycles. The number of carboxylic acids is 1. The summed E-state index contributed by atoms with van der Waals surface area (Å²) in [5.74, 6) is 0.147. The molecule has 0 fully saturated rings. The van der Waals surface area contributed by atoms with Gasteiger partial charge in [-0.3, -0.25) is 4.79 Å². The van der Waals surface area contributed by atoms with Crippen molar-refractivity contribution in [2.45, 2.75) is 19.8 Å². The van der Waals surface area contributed by atoms with Crippen LogP contribution in [-0.4, -0.2) is 41.2 Å². The molecule has 0 aliphatic rings. The second-order valence-corrected chi connectivity index (χ2v) is 3.61. The van der Waals surface area contributed by atoms with E-state index >= 15 is 0 Å². The number of hydrogen-bond acceptors (Lipinski definition) is 5. The van der Waals surface area contributed by atoms with Gasteiger partial charge in [-0.25, -0.2) is 4.98 Å². The van der Waals surface area contributed by atoms with Crippen LogP contribution >= 0.6 is 0 Å². The lowest BCUT2D eigenvalue weighted by molar-refractivity contribution is -0.136. The number of aliphatic carboxylic acids is 1. The van der Waals surface area contributed by atoms with Crippen molar-refractivity contribution in [3.05, 3.63) is 12.3 Å². The van der Waals surface area contributed by atoms with Crippen LogP contribution in [0.2, 0.25) is 0 Å². The van der Waals surface area contributed by atoms with Crippen molar-refractivity contribution >= 4 is 11.9 Å². The maximum atomic E-state index is 10.5. The summed E-state index contributed by atoms with van der Waals surface area (Å²) in [5.41, 5.74) is 0. The first kappa shape index (κ1) is 13.2. The van der Waals surface area contributed by atoms with E-state index in [2.05, 4.69) is 9.97 Å². The number of hydrogen-bond donors (Lipinski definition) is 1. The van der Waals surface area contributed by atoms with Crippen LogP contribution in [0, 0.1) is 0 Å². The van der Waals surface area contributed by atoms with Gasteiger partial charge in [-0.05, 0) is 6.42 Å². The van der Waals surface area contributed by atoms with Gasteiger partial charge in [0.1, 0.15) is 0 Å². The maximum absolute atomic E-state index is 10.5. The Balaban J connectivity index is 2.60. The number of ether oxygens (including phenoxy) is 1. The molecule has 0 saturated heterocycles. The summed E-state index contributed by atoms with van der Waals surface area (Å²) in [4.78, 5) is 20.4. The van der Waals surface area contributed by atoms with E-state index in [1.165, 1.54) is 0 Å². The highest BCUT2D eigenvalue weighted by Crippen LogP contribution is 2.11. The molecule has 6 heteroatoms. The van der Waals surface area contributed by atoms with Crippen molar-refractivity contribution < 1.29 is 14.6 Å². The molecule has 0 spiro atoms. The molecule has 0 saturated carbocycles. The fourth-order valence-electron chi connectivity index (χ4n) is 1.17. The third-order valence-electron chi connectivity index (χ3n) is 2.07. The molecule has 0 bridgehead atoms. The number of rotatable bonds is 7. The molecule has 17 heavy (non-hydrogen) atoms. The zero-order valence-corrected chi connectivity index (χ0v) is 10.1. The van der Waals surface area contributed by atoms with Crippen LogP contribution in [0.3, 0.4) is 0 Å². The van der Waals surface area contributed by atoms with Crippen LogP contribution in [-0.2, 0) is 4.79 Å². The summed E-state index contributed by atoms with van der Waals surface area (Å²) in [5, 5.41) is 8.59. The first-order valence-corrected chi connectivity index (χ1v) is 5.52. The summed E-state index contributed by atoms with van der Waals surface area (Å²) < 4.78 is 5.38. The average Bonchev–Trinajstić information content (AvgIpc) is 2.33. The SMILES string of the molecule is CCCOc1ccnc(N(C)CCC(=O)O)n1. The summed E-state index contributed by atoms with van der Waals surface area (Å²) >= 11 is 0. The topological polar surface area (TPSA) is 75.5 Å². The van der Waals surface area contributed by atoms with Crippen molar-refractivity contribution in [3.63, 3.8) is 0 Å². The van der Waals surface area contributed by atoms with Crippen molar-refractivity contribution in [3.8, 4) is 5.88 Å². The lowest BCUT2D eigenvalue weighted by atomic mass is 10.4. The summed E-state index contributed by atoms with van der Waals surface area (Å²) in [6, 6.07) is 1.68. The fourth-order valence-corrected chi connectivity index (χ4v) is 1.17. The number of nitrogens with zero attached hydrogens (tertiary/aromatic N) is 3. The Kier molecular flexibility index (Phi) is 5.19. The number of anilines is 1. The molecule has 0 atom stereocenters.